The molecule has 2 aliphatic heterocycles. The third kappa shape index (κ3) is 2.12. The second kappa shape index (κ2) is 5.69. The van der Waals surface area contributed by atoms with Crippen molar-refractivity contribution in [3.63, 3.8) is 0 Å². The minimum atomic E-state index is -0.852. The van der Waals surface area contributed by atoms with E-state index in [2.05, 4.69) is 6.07 Å². The molecule has 0 spiro atoms. The third-order valence-corrected chi connectivity index (χ3v) is 5.89. The number of fused-ring (bicyclic) bond motifs is 3. The lowest BCUT2D eigenvalue weighted by molar-refractivity contribution is -0.0239. The molecule has 2 fully saturated rings. The zero-order valence-electron chi connectivity index (χ0n) is 13.6. The van der Waals surface area contributed by atoms with Crippen LogP contribution in [0.15, 0.2) is 29.3 Å². The Hall–Kier alpha value is -1.23. The molecule has 1 aliphatic carbocycles. The molecule has 5 unspecified atom stereocenters. The maximum atomic E-state index is 10.7. The molecule has 4 nitrogen and oxygen atoms in total. The number of hydrogen-bond donors (Lipinski definition) is 2. The molecule has 1 aromatic rings. The third-order valence-electron chi connectivity index (χ3n) is 5.89. The number of para-hydroxylation sites is 1. The van der Waals surface area contributed by atoms with Crippen molar-refractivity contribution in [2.24, 2.45) is 4.99 Å². The summed E-state index contributed by atoms with van der Waals surface area (Å²) in [6, 6.07) is 8.23. The van der Waals surface area contributed by atoms with E-state index in [0.29, 0.717) is 6.42 Å². The van der Waals surface area contributed by atoms with Gasteiger partial charge in [0.2, 0.25) is 0 Å². The van der Waals surface area contributed by atoms with Gasteiger partial charge in [-0.15, -0.1) is 0 Å². The minimum absolute atomic E-state index is 0.290. The number of rotatable bonds is 2. The van der Waals surface area contributed by atoms with E-state index in [1.807, 2.05) is 25.1 Å². The van der Waals surface area contributed by atoms with Crippen molar-refractivity contribution in [2.45, 2.75) is 75.3 Å². The van der Waals surface area contributed by atoms with Gasteiger partial charge in [0, 0.05) is 5.71 Å². The molecule has 2 N–H and O–H groups in total. The van der Waals surface area contributed by atoms with Gasteiger partial charge in [0.25, 0.3) is 0 Å². The first kappa shape index (κ1) is 15.3. The van der Waals surface area contributed by atoms with Crippen molar-refractivity contribution in [1.29, 1.82) is 0 Å². The highest BCUT2D eigenvalue weighted by molar-refractivity contribution is 6.02. The largest absolute Gasteiger partial charge is 0.388 e. The molecular formula is C19H25NO3. The SMILES string of the molecule is CCC1OC(C23CCCCCC2=Nc2ccccc23)C(O)C1O. The lowest BCUT2D eigenvalue weighted by Crippen LogP contribution is -2.50. The number of aliphatic hydroxyl groups is 2. The predicted molar refractivity (Wildman–Crippen MR) is 89.3 cm³/mol. The van der Waals surface area contributed by atoms with Crippen LogP contribution in [0.2, 0.25) is 0 Å². The normalized spacial score (nSPS) is 39.5. The van der Waals surface area contributed by atoms with Crippen LogP contribution in [0.25, 0.3) is 0 Å². The fourth-order valence-corrected chi connectivity index (χ4v) is 4.73. The molecule has 124 valence electrons. The van der Waals surface area contributed by atoms with Gasteiger partial charge in [0.1, 0.15) is 18.3 Å². The Morgan fingerprint density at radius 1 is 1.17 bits per heavy atom. The topological polar surface area (TPSA) is 62.0 Å². The van der Waals surface area contributed by atoms with E-state index in [0.717, 1.165) is 37.1 Å². The lowest BCUT2D eigenvalue weighted by Gasteiger charge is -2.38. The Balaban J connectivity index is 1.83. The zero-order chi connectivity index (χ0) is 16.0. The Labute approximate surface area is 137 Å². The molecule has 1 saturated heterocycles. The van der Waals surface area contributed by atoms with Crippen LogP contribution in [0.1, 0.15) is 51.0 Å². The molecule has 2 heterocycles. The molecule has 4 rings (SSSR count). The van der Waals surface area contributed by atoms with Crippen LogP contribution in [-0.2, 0) is 10.2 Å². The second-order valence-electron chi connectivity index (χ2n) is 7.09. The fraction of sp³-hybridized carbons (Fsp3) is 0.632. The van der Waals surface area contributed by atoms with Crippen LogP contribution in [0, 0.1) is 0 Å². The van der Waals surface area contributed by atoms with Gasteiger partial charge in [-0.1, -0.05) is 38.0 Å². The summed E-state index contributed by atoms with van der Waals surface area (Å²) in [5, 5.41) is 21.1. The molecule has 23 heavy (non-hydrogen) atoms. The van der Waals surface area contributed by atoms with E-state index in [1.54, 1.807) is 0 Å². The highest BCUT2D eigenvalue weighted by Crippen LogP contribution is 2.52. The maximum absolute atomic E-state index is 10.7. The van der Waals surface area contributed by atoms with Gasteiger partial charge in [-0.25, -0.2) is 0 Å². The Kier molecular flexibility index (Phi) is 3.79. The van der Waals surface area contributed by atoms with Crippen LogP contribution in [0.4, 0.5) is 5.69 Å². The first-order valence-electron chi connectivity index (χ1n) is 8.87. The fourth-order valence-electron chi connectivity index (χ4n) is 4.73. The predicted octanol–water partition coefficient (Wildman–Crippen LogP) is 2.87. The summed E-state index contributed by atoms with van der Waals surface area (Å²) in [4.78, 5) is 4.90. The van der Waals surface area contributed by atoms with Crippen LogP contribution in [-0.4, -0.2) is 40.3 Å². The molecular weight excluding hydrogens is 290 g/mol. The smallest absolute Gasteiger partial charge is 0.110 e. The summed E-state index contributed by atoms with van der Waals surface area (Å²) >= 11 is 0. The van der Waals surface area contributed by atoms with Gasteiger partial charge < -0.3 is 14.9 Å². The molecule has 0 aromatic heterocycles. The minimum Gasteiger partial charge on any atom is -0.388 e. The van der Waals surface area contributed by atoms with Crippen molar-refractivity contribution in [1.82, 2.24) is 0 Å². The van der Waals surface area contributed by atoms with Crippen molar-refractivity contribution in [3.8, 4) is 0 Å². The number of aliphatic imine (C=N–C) groups is 1. The highest BCUT2D eigenvalue weighted by atomic mass is 16.5. The van der Waals surface area contributed by atoms with Gasteiger partial charge >= 0.3 is 0 Å². The Bertz CT molecular complexity index is 629. The van der Waals surface area contributed by atoms with Crippen LogP contribution in [0.3, 0.4) is 0 Å². The van der Waals surface area contributed by atoms with Crippen molar-refractivity contribution < 1.29 is 14.9 Å². The molecule has 0 bridgehead atoms. The standard InChI is InChI=1S/C19H25NO3/c1-2-14-16(21)17(22)18(23-14)19-11-7-3-4-10-15(19)20-13-9-6-5-8-12(13)19/h5-6,8-9,14,16-18,21-22H,2-4,7,10-11H2,1H3. The van der Waals surface area contributed by atoms with Crippen LogP contribution < -0.4 is 0 Å². The van der Waals surface area contributed by atoms with Gasteiger partial charge in [0.15, 0.2) is 0 Å². The number of aliphatic hydroxyl groups excluding tert-OH is 2. The van der Waals surface area contributed by atoms with Crippen molar-refractivity contribution in [2.75, 3.05) is 0 Å². The summed E-state index contributed by atoms with van der Waals surface area (Å²) in [5.74, 6) is 0. The van der Waals surface area contributed by atoms with E-state index in [4.69, 9.17) is 9.73 Å². The van der Waals surface area contributed by atoms with E-state index in [1.165, 1.54) is 12.0 Å². The van der Waals surface area contributed by atoms with Gasteiger partial charge in [0.05, 0.1) is 17.2 Å². The molecule has 5 atom stereocenters. The molecule has 0 amide bonds. The maximum Gasteiger partial charge on any atom is 0.110 e. The summed E-state index contributed by atoms with van der Waals surface area (Å²) in [7, 11) is 0. The number of benzene rings is 1. The number of ether oxygens (including phenoxy) is 1. The number of hydrogen-bond acceptors (Lipinski definition) is 4. The average Bonchev–Trinajstić information content (AvgIpc) is 2.94. The second-order valence-corrected chi connectivity index (χ2v) is 7.09. The van der Waals surface area contributed by atoms with Crippen LogP contribution >= 0.6 is 0 Å². The van der Waals surface area contributed by atoms with Gasteiger partial charge in [-0.05, 0) is 37.3 Å². The summed E-state index contributed by atoms with van der Waals surface area (Å²) in [6.45, 7) is 1.99. The lowest BCUT2D eigenvalue weighted by atomic mass is 9.68. The quantitative estimate of drug-likeness (QED) is 0.882. The van der Waals surface area contributed by atoms with Gasteiger partial charge in [-0.3, -0.25) is 4.99 Å². The van der Waals surface area contributed by atoms with E-state index < -0.39 is 18.3 Å². The summed E-state index contributed by atoms with van der Waals surface area (Å²) < 4.78 is 6.21. The van der Waals surface area contributed by atoms with Crippen LogP contribution in [0.5, 0.6) is 0 Å². The first-order valence-corrected chi connectivity index (χ1v) is 8.87. The van der Waals surface area contributed by atoms with E-state index in [9.17, 15) is 10.2 Å². The molecule has 4 heteroatoms. The highest BCUT2D eigenvalue weighted by Gasteiger charge is 2.57. The zero-order valence-corrected chi connectivity index (χ0v) is 13.6. The molecule has 1 aromatic carbocycles. The molecule has 1 saturated carbocycles. The first-order chi connectivity index (χ1) is 11.2. The van der Waals surface area contributed by atoms with E-state index >= 15 is 0 Å². The van der Waals surface area contributed by atoms with Crippen molar-refractivity contribution >= 4 is 11.4 Å². The monoisotopic (exact) mass is 315 g/mol. The summed E-state index contributed by atoms with van der Waals surface area (Å²) in [5.41, 5.74) is 2.96. The van der Waals surface area contributed by atoms with Gasteiger partial charge in [-0.2, -0.15) is 0 Å². The van der Waals surface area contributed by atoms with E-state index in [-0.39, 0.29) is 11.5 Å². The Morgan fingerprint density at radius 2 is 2.00 bits per heavy atom. The van der Waals surface area contributed by atoms with Crippen molar-refractivity contribution in [3.05, 3.63) is 29.8 Å². The summed E-state index contributed by atoms with van der Waals surface area (Å²) in [6.07, 6.45) is 3.67. The number of nitrogens with zero attached hydrogens (tertiary/aromatic N) is 1. The molecule has 3 aliphatic rings. The molecule has 0 radical (unpaired) electrons. The Morgan fingerprint density at radius 3 is 2.78 bits per heavy atom. The average molecular weight is 315 g/mol.